The lowest BCUT2D eigenvalue weighted by atomic mass is 9.79. The summed E-state index contributed by atoms with van der Waals surface area (Å²) in [7, 11) is 0. The van der Waals surface area contributed by atoms with Gasteiger partial charge in [-0.05, 0) is 17.8 Å². The van der Waals surface area contributed by atoms with Crippen LogP contribution in [0, 0.1) is 17.8 Å². The number of rotatable bonds is 7. The van der Waals surface area contributed by atoms with Crippen molar-refractivity contribution in [2.75, 3.05) is 6.54 Å². The molecule has 0 aromatic heterocycles. The molecule has 1 fully saturated rings. The minimum atomic E-state index is -0.808. The van der Waals surface area contributed by atoms with Gasteiger partial charge in [-0.1, -0.05) is 46.0 Å². The lowest BCUT2D eigenvalue weighted by molar-refractivity contribution is -0.138. The molecule has 1 aliphatic rings. The predicted molar refractivity (Wildman–Crippen MR) is 74.8 cm³/mol. The highest BCUT2D eigenvalue weighted by Gasteiger charge is 2.22. The van der Waals surface area contributed by atoms with Crippen molar-refractivity contribution in [3.05, 3.63) is 0 Å². The van der Waals surface area contributed by atoms with E-state index in [0.717, 1.165) is 0 Å². The Labute approximate surface area is 116 Å². The molecule has 1 rings (SSSR count). The molecule has 2 atom stereocenters. The molecule has 2 unspecified atom stereocenters. The summed E-state index contributed by atoms with van der Waals surface area (Å²) >= 11 is 0. The Hall–Kier alpha value is -1.06. The summed E-state index contributed by atoms with van der Waals surface area (Å²) in [5, 5.41) is 11.5. The van der Waals surface area contributed by atoms with Crippen LogP contribution in [0.15, 0.2) is 0 Å². The summed E-state index contributed by atoms with van der Waals surface area (Å²) < 4.78 is 0. The molecule has 0 heterocycles. The van der Waals surface area contributed by atoms with E-state index in [-0.39, 0.29) is 18.2 Å². The van der Waals surface area contributed by atoms with Gasteiger partial charge in [0.15, 0.2) is 0 Å². The number of carboxylic acids is 1. The maximum absolute atomic E-state index is 11.8. The third kappa shape index (κ3) is 6.60. The van der Waals surface area contributed by atoms with Gasteiger partial charge in [0.25, 0.3) is 0 Å². The van der Waals surface area contributed by atoms with E-state index in [1.807, 2.05) is 6.92 Å². The molecule has 4 nitrogen and oxygen atoms in total. The Morgan fingerprint density at radius 2 is 1.79 bits per heavy atom. The Morgan fingerprint density at radius 1 is 1.16 bits per heavy atom. The fourth-order valence-electron chi connectivity index (χ4n) is 2.89. The van der Waals surface area contributed by atoms with Crippen LogP contribution in [0.5, 0.6) is 0 Å². The molecular weight excluding hydrogens is 242 g/mol. The highest BCUT2D eigenvalue weighted by Crippen LogP contribution is 2.31. The molecule has 0 aromatic carbocycles. The number of amides is 1. The topological polar surface area (TPSA) is 66.4 Å². The molecule has 110 valence electrons. The third-order valence-corrected chi connectivity index (χ3v) is 4.13. The van der Waals surface area contributed by atoms with Gasteiger partial charge in [-0.3, -0.25) is 9.59 Å². The standard InChI is InChI=1S/C15H27NO3/c1-11(8-15(18)19)10-16-14(17)9-12(2)13-6-4-3-5-7-13/h11-13H,3-10H2,1-2H3,(H,16,17)(H,18,19). The number of aliphatic carboxylic acids is 1. The second-order valence-corrected chi connectivity index (χ2v) is 6.09. The molecule has 1 aliphatic carbocycles. The van der Waals surface area contributed by atoms with E-state index in [1.54, 1.807) is 0 Å². The van der Waals surface area contributed by atoms with Crippen LogP contribution in [-0.4, -0.2) is 23.5 Å². The molecule has 0 bridgehead atoms. The molecule has 0 aromatic rings. The van der Waals surface area contributed by atoms with Crippen molar-refractivity contribution in [3.8, 4) is 0 Å². The summed E-state index contributed by atoms with van der Waals surface area (Å²) in [6, 6.07) is 0. The zero-order chi connectivity index (χ0) is 14.3. The van der Waals surface area contributed by atoms with Crippen molar-refractivity contribution < 1.29 is 14.7 Å². The van der Waals surface area contributed by atoms with Crippen LogP contribution in [-0.2, 0) is 9.59 Å². The third-order valence-electron chi connectivity index (χ3n) is 4.13. The van der Waals surface area contributed by atoms with Gasteiger partial charge in [-0.15, -0.1) is 0 Å². The number of nitrogens with one attached hydrogen (secondary N) is 1. The lowest BCUT2D eigenvalue weighted by Crippen LogP contribution is -2.31. The van der Waals surface area contributed by atoms with Crippen molar-refractivity contribution in [2.45, 2.75) is 58.8 Å². The lowest BCUT2D eigenvalue weighted by Gasteiger charge is -2.27. The SMILES string of the molecule is CC(CNC(=O)CC(C)C1CCCCC1)CC(=O)O. The maximum atomic E-state index is 11.8. The van der Waals surface area contributed by atoms with E-state index in [2.05, 4.69) is 12.2 Å². The van der Waals surface area contributed by atoms with Gasteiger partial charge >= 0.3 is 5.97 Å². The van der Waals surface area contributed by atoms with E-state index in [9.17, 15) is 9.59 Å². The van der Waals surface area contributed by atoms with Gasteiger partial charge in [-0.25, -0.2) is 0 Å². The molecule has 0 saturated heterocycles. The minimum absolute atomic E-state index is 0.00793. The molecule has 1 saturated carbocycles. The summed E-state index contributed by atoms with van der Waals surface area (Å²) in [6.07, 6.45) is 7.12. The second-order valence-electron chi connectivity index (χ2n) is 6.09. The van der Waals surface area contributed by atoms with Crippen molar-refractivity contribution in [1.82, 2.24) is 5.32 Å². The first-order valence-electron chi connectivity index (χ1n) is 7.47. The molecule has 4 heteroatoms. The summed E-state index contributed by atoms with van der Waals surface area (Å²) in [4.78, 5) is 22.4. The van der Waals surface area contributed by atoms with E-state index in [4.69, 9.17) is 5.11 Å². The van der Waals surface area contributed by atoms with E-state index < -0.39 is 5.97 Å². The number of carbonyl (C=O) groups is 2. The normalized spacial score (nSPS) is 19.7. The van der Waals surface area contributed by atoms with Crippen molar-refractivity contribution in [1.29, 1.82) is 0 Å². The first kappa shape index (κ1) is 16.0. The van der Waals surface area contributed by atoms with Crippen molar-refractivity contribution in [2.24, 2.45) is 17.8 Å². The number of carbonyl (C=O) groups excluding carboxylic acids is 1. The van der Waals surface area contributed by atoms with Crippen LogP contribution >= 0.6 is 0 Å². The first-order valence-corrected chi connectivity index (χ1v) is 7.47. The number of carboxylic acid groups (broad SMARTS) is 1. The summed E-state index contributed by atoms with van der Waals surface area (Å²) in [6.45, 7) is 4.47. The Balaban J connectivity index is 2.20. The molecule has 1 amide bonds. The molecule has 0 spiro atoms. The molecule has 0 aliphatic heterocycles. The predicted octanol–water partition coefficient (Wildman–Crippen LogP) is 2.82. The van der Waals surface area contributed by atoms with E-state index in [1.165, 1.54) is 32.1 Å². The fourth-order valence-corrected chi connectivity index (χ4v) is 2.89. The maximum Gasteiger partial charge on any atom is 0.303 e. The fraction of sp³-hybridized carbons (Fsp3) is 0.867. The smallest absolute Gasteiger partial charge is 0.303 e. The summed E-state index contributed by atoms with van der Waals surface area (Å²) in [5.74, 6) is 0.380. The average molecular weight is 269 g/mol. The van der Waals surface area contributed by atoms with Gasteiger partial charge in [0.05, 0.1) is 0 Å². The molecule has 19 heavy (non-hydrogen) atoms. The van der Waals surface area contributed by atoms with Crippen LogP contribution in [0.3, 0.4) is 0 Å². The zero-order valence-electron chi connectivity index (χ0n) is 12.2. The highest BCUT2D eigenvalue weighted by molar-refractivity contribution is 5.76. The largest absolute Gasteiger partial charge is 0.481 e. The molecule has 2 N–H and O–H groups in total. The average Bonchev–Trinajstić information content (AvgIpc) is 2.36. The van der Waals surface area contributed by atoms with Gasteiger partial charge in [0.1, 0.15) is 0 Å². The second kappa shape index (κ2) is 8.18. The number of hydrogen-bond acceptors (Lipinski definition) is 2. The van der Waals surface area contributed by atoms with Gasteiger partial charge in [0, 0.05) is 19.4 Å². The molecule has 0 radical (unpaired) electrons. The number of hydrogen-bond donors (Lipinski definition) is 2. The monoisotopic (exact) mass is 269 g/mol. The van der Waals surface area contributed by atoms with Crippen molar-refractivity contribution >= 4 is 11.9 Å². The van der Waals surface area contributed by atoms with Gasteiger partial charge in [0.2, 0.25) is 5.91 Å². The van der Waals surface area contributed by atoms with Gasteiger partial charge < -0.3 is 10.4 Å². The van der Waals surface area contributed by atoms with Crippen LogP contribution in [0.2, 0.25) is 0 Å². The Morgan fingerprint density at radius 3 is 2.37 bits per heavy atom. The van der Waals surface area contributed by atoms with E-state index >= 15 is 0 Å². The van der Waals surface area contributed by atoms with Gasteiger partial charge in [-0.2, -0.15) is 0 Å². The molecular formula is C15H27NO3. The Bertz CT molecular complexity index is 298. The minimum Gasteiger partial charge on any atom is -0.481 e. The quantitative estimate of drug-likeness (QED) is 0.747. The Kier molecular flexibility index (Phi) is 6.89. The van der Waals surface area contributed by atoms with Crippen LogP contribution in [0.25, 0.3) is 0 Å². The van der Waals surface area contributed by atoms with Crippen LogP contribution < -0.4 is 5.32 Å². The van der Waals surface area contributed by atoms with Crippen molar-refractivity contribution in [3.63, 3.8) is 0 Å². The highest BCUT2D eigenvalue weighted by atomic mass is 16.4. The summed E-state index contributed by atoms with van der Waals surface area (Å²) in [5.41, 5.74) is 0. The van der Waals surface area contributed by atoms with E-state index in [0.29, 0.717) is 24.8 Å². The van der Waals surface area contributed by atoms with Crippen LogP contribution in [0.4, 0.5) is 0 Å². The first-order chi connectivity index (χ1) is 8.99. The van der Waals surface area contributed by atoms with Crippen LogP contribution in [0.1, 0.15) is 58.8 Å². The zero-order valence-corrected chi connectivity index (χ0v) is 12.2.